The third-order valence-electron chi connectivity index (χ3n) is 3.71. The van der Waals surface area contributed by atoms with Crippen molar-refractivity contribution in [3.8, 4) is 22.4 Å². The monoisotopic (exact) mass is 327 g/mol. The molecule has 0 aliphatic heterocycles. The van der Waals surface area contributed by atoms with E-state index in [2.05, 4.69) is 10.2 Å². The number of nitrogens with two attached hydrogens (primary N) is 1. The van der Waals surface area contributed by atoms with E-state index in [0.29, 0.717) is 5.82 Å². The molecule has 6 heteroatoms. The molecule has 0 amide bonds. The molecule has 0 saturated carbocycles. The van der Waals surface area contributed by atoms with Gasteiger partial charge in [0.1, 0.15) is 0 Å². The summed E-state index contributed by atoms with van der Waals surface area (Å²) in [5, 5.41) is 7.03. The first kappa shape index (κ1) is 15.3. The summed E-state index contributed by atoms with van der Waals surface area (Å²) in [5.74, 6) is 0.413. The Kier molecular flexibility index (Phi) is 3.69. The van der Waals surface area contributed by atoms with E-state index in [-0.39, 0.29) is 4.90 Å². The number of nitrogen functional groups attached to an aromatic ring is 1. The maximum absolute atomic E-state index is 11.6. The van der Waals surface area contributed by atoms with E-state index in [1.54, 1.807) is 24.3 Å². The lowest BCUT2D eigenvalue weighted by Gasteiger charge is -2.06. The van der Waals surface area contributed by atoms with Gasteiger partial charge >= 0.3 is 0 Å². The Hall–Kier alpha value is -2.60. The zero-order chi connectivity index (χ0) is 16.6. The van der Waals surface area contributed by atoms with E-state index in [1.165, 1.54) is 6.26 Å². The molecule has 0 atom stereocenters. The van der Waals surface area contributed by atoms with Crippen LogP contribution in [0.15, 0.2) is 53.4 Å². The SMILES string of the molecule is Cc1ccc(-c2c(N)n[nH]c2-c2ccc(S(C)(=O)=O)cc2)cc1. The van der Waals surface area contributed by atoms with Gasteiger partial charge in [-0.3, -0.25) is 5.10 Å². The summed E-state index contributed by atoms with van der Waals surface area (Å²) in [4.78, 5) is 0.283. The van der Waals surface area contributed by atoms with E-state index in [4.69, 9.17) is 5.73 Å². The van der Waals surface area contributed by atoms with Gasteiger partial charge in [0.05, 0.1) is 16.2 Å². The number of aromatic amines is 1. The molecule has 3 N–H and O–H groups in total. The number of nitrogens with one attached hydrogen (secondary N) is 1. The van der Waals surface area contributed by atoms with Gasteiger partial charge in [-0.1, -0.05) is 42.0 Å². The molecule has 0 aliphatic rings. The van der Waals surface area contributed by atoms with Crippen LogP contribution in [-0.2, 0) is 9.84 Å². The number of H-pyrrole nitrogens is 1. The normalized spacial score (nSPS) is 11.6. The Morgan fingerprint density at radius 2 is 1.52 bits per heavy atom. The molecule has 0 radical (unpaired) electrons. The molecule has 0 saturated heterocycles. The van der Waals surface area contributed by atoms with Crippen molar-refractivity contribution in [3.05, 3.63) is 54.1 Å². The molecule has 0 bridgehead atoms. The summed E-state index contributed by atoms with van der Waals surface area (Å²) in [6, 6.07) is 14.7. The van der Waals surface area contributed by atoms with Crippen molar-refractivity contribution in [3.63, 3.8) is 0 Å². The summed E-state index contributed by atoms with van der Waals surface area (Å²) < 4.78 is 23.1. The first-order chi connectivity index (χ1) is 10.9. The van der Waals surface area contributed by atoms with Crippen molar-refractivity contribution in [2.45, 2.75) is 11.8 Å². The number of nitrogens with zero attached hydrogens (tertiary/aromatic N) is 1. The van der Waals surface area contributed by atoms with Crippen LogP contribution in [0, 0.1) is 6.92 Å². The van der Waals surface area contributed by atoms with Gasteiger partial charge in [0.25, 0.3) is 0 Å². The van der Waals surface area contributed by atoms with Crippen molar-refractivity contribution < 1.29 is 8.42 Å². The number of hydrogen-bond acceptors (Lipinski definition) is 4. The van der Waals surface area contributed by atoms with Crippen molar-refractivity contribution in [1.29, 1.82) is 0 Å². The Labute approximate surface area is 135 Å². The van der Waals surface area contributed by atoms with Crippen molar-refractivity contribution in [2.75, 3.05) is 12.0 Å². The molecule has 0 fully saturated rings. The zero-order valence-electron chi connectivity index (χ0n) is 12.9. The molecule has 2 aromatic carbocycles. The molecule has 23 heavy (non-hydrogen) atoms. The van der Waals surface area contributed by atoms with Crippen LogP contribution in [0.3, 0.4) is 0 Å². The lowest BCUT2D eigenvalue weighted by Crippen LogP contribution is -1.96. The molecule has 1 aromatic heterocycles. The van der Waals surface area contributed by atoms with Crippen LogP contribution < -0.4 is 5.73 Å². The summed E-state index contributed by atoms with van der Waals surface area (Å²) in [7, 11) is -3.21. The van der Waals surface area contributed by atoms with Crippen LogP contribution in [0.5, 0.6) is 0 Å². The lowest BCUT2D eigenvalue weighted by atomic mass is 10.00. The minimum Gasteiger partial charge on any atom is -0.382 e. The highest BCUT2D eigenvalue weighted by molar-refractivity contribution is 7.90. The highest BCUT2D eigenvalue weighted by Crippen LogP contribution is 2.35. The molecule has 3 aromatic rings. The van der Waals surface area contributed by atoms with E-state index < -0.39 is 9.84 Å². The molecule has 118 valence electrons. The van der Waals surface area contributed by atoms with Gasteiger partial charge in [-0.2, -0.15) is 5.10 Å². The van der Waals surface area contributed by atoms with Gasteiger partial charge in [-0.25, -0.2) is 8.42 Å². The minimum atomic E-state index is -3.21. The van der Waals surface area contributed by atoms with Crippen LogP contribution in [0.2, 0.25) is 0 Å². The maximum Gasteiger partial charge on any atom is 0.175 e. The van der Waals surface area contributed by atoms with Gasteiger partial charge in [0, 0.05) is 11.8 Å². The minimum absolute atomic E-state index is 0.283. The third kappa shape index (κ3) is 2.98. The fourth-order valence-electron chi connectivity index (χ4n) is 2.45. The second-order valence-corrected chi connectivity index (χ2v) is 7.54. The largest absolute Gasteiger partial charge is 0.382 e. The molecule has 1 heterocycles. The molecule has 3 rings (SSSR count). The second-order valence-electron chi connectivity index (χ2n) is 5.52. The number of hydrogen-bond donors (Lipinski definition) is 2. The van der Waals surface area contributed by atoms with E-state index >= 15 is 0 Å². The average Bonchev–Trinajstić information content (AvgIpc) is 2.89. The molecule has 0 unspecified atom stereocenters. The standard InChI is InChI=1S/C17H17N3O2S/c1-11-3-5-12(6-4-11)15-16(19-20-17(15)18)13-7-9-14(10-8-13)23(2,21)22/h3-10H,1-2H3,(H3,18,19,20). The van der Waals surface area contributed by atoms with Gasteiger partial charge in [0.15, 0.2) is 15.7 Å². The summed E-state index contributed by atoms with van der Waals surface area (Å²) in [5.41, 5.74) is 10.6. The Bertz CT molecular complexity index is 941. The summed E-state index contributed by atoms with van der Waals surface area (Å²) >= 11 is 0. The number of sulfone groups is 1. The fraction of sp³-hybridized carbons (Fsp3) is 0.118. The average molecular weight is 327 g/mol. The molecular formula is C17H17N3O2S. The predicted molar refractivity (Wildman–Crippen MR) is 91.7 cm³/mol. The number of rotatable bonds is 3. The van der Waals surface area contributed by atoms with E-state index in [9.17, 15) is 8.42 Å². The smallest absolute Gasteiger partial charge is 0.175 e. The van der Waals surface area contributed by atoms with Crippen LogP contribution in [0.1, 0.15) is 5.56 Å². The Morgan fingerprint density at radius 3 is 2.09 bits per heavy atom. The first-order valence-electron chi connectivity index (χ1n) is 7.07. The second kappa shape index (κ2) is 5.55. The van der Waals surface area contributed by atoms with Crippen LogP contribution in [-0.4, -0.2) is 24.9 Å². The van der Waals surface area contributed by atoms with E-state index in [1.807, 2.05) is 31.2 Å². The Balaban J connectivity index is 2.10. The quantitative estimate of drug-likeness (QED) is 0.774. The topological polar surface area (TPSA) is 88.8 Å². The molecule has 0 spiro atoms. The lowest BCUT2D eigenvalue weighted by molar-refractivity contribution is 0.602. The van der Waals surface area contributed by atoms with Crippen LogP contribution >= 0.6 is 0 Å². The van der Waals surface area contributed by atoms with Crippen molar-refractivity contribution in [2.24, 2.45) is 0 Å². The number of benzene rings is 2. The number of aromatic nitrogens is 2. The highest BCUT2D eigenvalue weighted by Gasteiger charge is 2.15. The van der Waals surface area contributed by atoms with Gasteiger partial charge in [0.2, 0.25) is 0 Å². The Morgan fingerprint density at radius 1 is 0.957 bits per heavy atom. The summed E-state index contributed by atoms with van der Waals surface area (Å²) in [6.45, 7) is 2.02. The van der Waals surface area contributed by atoms with Crippen molar-refractivity contribution in [1.82, 2.24) is 10.2 Å². The number of aryl methyl sites for hydroxylation is 1. The fourth-order valence-corrected chi connectivity index (χ4v) is 3.08. The third-order valence-corrected chi connectivity index (χ3v) is 4.83. The van der Waals surface area contributed by atoms with Crippen LogP contribution in [0.25, 0.3) is 22.4 Å². The maximum atomic E-state index is 11.6. The van der Waals surface area contributed by atoms with Gasteiger partial charge in [-0.05, 0) is 24.6 Å². The summed E-state index contributed by atoms with van der Waals surface area (Å²) in [6.07, 6.45) is 1.19. The predicted octanol–water partition coefficient (Wildman–Crippen LogP) is 3.04. The van der Waals surface area contributed by atoms with Gasteiger partial charge in [-0.15, -0.1) is 0 Å². The van der Waals surface area contributed by atoms with E-state index in [0.717, 1.165) is 27.9 Å². The molecular weight excluding hydrogens is 310 g/mol. The highest BCUT2D eigenvalue weighted by atomic mass is 32.2. The number of anilines is 1. The molecule has 5 nitrogen and oxygen atoms in total. The zero-order valence-corrected chi connectivity index (χ0v) is 13.7. The first-order valence-corrected chi connectivity index (χ1v) is 8.97. The van der Waals surface area contributed by atoms with Crippen molar-refractivity contribution >= 4 is 15.7 Å². The van der Waals surface area contributed by atoms with Crippen LogP contribution in [0.4, 0.5) is 5.82 Å². The van der Waals surface area contributed by atoms with Gasteiger partial charge < -0.3 is 5.73 Å². The molecule has 0 aliphatic carbocycles.